The minimum atomic E-state index is 0.966. The predicted octanol–water partition coefficient (Wildman–Crippen LogP) is 4.61. The van der Waals surface area contributed by atoms with Crippen molar-refractivity contribution in [1.82, 2.24) is 4.98 Å². The lowest BCUT2D eigenvalue weighted by Crippen LogP contribution is -2.10. The number of nitrogens with zero attached hydrogens (tertiary/aromatic N) is 2. The van der Waals surface area contributed by atoms with Gasteiger partial charge in [-0.05, 0) is 23.8 Å². The third kappa shape index (κ3) is 3.96. The van der Waals surface area contributed by atoms with E-state index < -0.39 is 0 Å². The smallest absolute Gasteiger partial charge is 0.115 e. The quantitative estimate of drug-likeness (QED) is 0.578. The summed E-state index contributed by atoms with van der Waals surface area (Å²) in [5, 5.41) is 11.5. The Morgan fingerprint density at radius 3 is 2.87 bits per heavy atom. The summed E-state index contributed by atoms with van der Waals surface area (Å²) in [5.41, 5.74) is 2.98. The molecule has 5 heteroatoms. The maximum atomic E-state index is 7.15. The highest BCUT2D eigenvalue weighted by Gasteiger charge is 2.15. The van der Waals surface area contributed by atoms with Crippen LogP contribution in [0.4, 0.5) is 10.7 Å². The highest BCUT2D eigenvalue weighted by Crippen LogP contribution is 2.40. The highest BCUT2D eigenvalue weighted by molar-refractivity contribution is 7.23. The Balaban J connectivity index is 2.49. The van der Waals surface area contributed by atoms with Gasteiger partial charge >= 0.3 is 0 Å². The van der Waals surface area contributed by atoms with Crippen LogP contribution in [0.5, 0.6) is 0 Å². The van der Waals surface area contributed by atoms with Gasteiger partial charge in [-0.3, -0.25) is 4.98 Å². The second kappa shape index (κ2) is 8.10. The van der Waals surface area contributed by atoms with Gasteiger partial charge in [0.2, 0.25) is 0 Å². The summed E-state index contributed by atoms with van der Waals surface area (Å²) in [4.78, 5) is 6.56. The standard InChI is InChI=1S/C18H20N4S/c1-4-5-8-14(9-6-11-19)13-22(3)17-16-15(10-7-12-21-16)23-18(17)20-2/h4-13,19-20H,1H2,2-3H3/b8-5-,9-6-,14-13+,19-11?. The lowest BCUT2D eigenvalue weighted by atomic mass is 10.2. The lowest BCUT2D eigenvalue weighted by molar-refractivity contribution is 1.20. The van der Waals surface area contributed by atoms with Gasteiger partial charge in [0.15, 0.2) is 0 Å². The average molecular weight is 324 g/mol. The SMILES string of the molecule is C=C\C=C/C(/C=C\C=N)=C\N(C)c1c(NC)sc2cccnc12. The Hall–Kier alpha value is -2.66. The first-order valence-electron chi connectivity index (χ1n) is 7.17. The molecule has 2 N–H and O–H groups in total. The molecule has 2 rings (SSSR count). The summed E-state index contributed by atoms with van der Waals surface area (Å²) in [5.74, 6) is 0. The van der Waals surface area contributed by atoms with E-state index in [0.29, 0.717) is 0 Å². The number of allylic oxidation sites excluding steroid dienone is 6. The van der Waals surface area contributed by atoms with Crippen molar-refractivity contribution >= 4 is 38.5 Å². The molecule has 0 spiro atoms. The van der Waals surface area contributed by atoms with Gasteiger partial charge in [0.05, 0.1) is 4.70 Å². The van der Waals surface area contributed by atoms with Gasteiger partial charge in [-0.15, -0.1) is 11.3 Å². The van der Waals surface area contributed by atoms with Crippen LogP contribution >= 0.6 is 11.3 Å². The van der Waals surface area contributed by atoms with E-state index in [4.69, 9.17) is 5.41 Å². The molecule has 0 radical (unpaired) electrons. The van der Waals surface area contributed by atoms with Crippen molar-refractivity contribution in [2.75, 3.05) is 24.3 Å². The van der Waals surface area contributed by atoms with Crippen molar-refractivity contribution in [2.45, 2.75) is 0 Å². The molecule has 0 bridgehead atoms. The van der Waals surface area contributed by atoms with Crippen LogP contribution in [0.15, 0.2) is 67.1 Å². The van der Waals surface area contributed by atoms with Crippen LogP contribution in [0.25, 0.3) is 10.2 Å². The molecule has 0 aromatic carbocycles. The Morgan fingerprint density at radius 2 is 2.17 bits per heavy atom. The molecule has 2 heterocycles. The van der Waals surface area contributed by atoms with Crippen LogP contribution in [-0.4, -0.2) is 25.3 Å². The van der Waals surface area contributed by atoms with Crippen molar-refractivity contribution in [3.63, 3.8) is 0 Å². The van der Waals surface area contributed by atoms with Crippen LogP contribution in [0.3, 0.4) is 0 Å². The number of nitrogens with one attached hydrogen (secondary N) is 2. The van der Waals surface area contributed by atoms with Crippen molar-refractivity contribution in [2.24, 2.45) is 0 Å². The molecule has 118 valence electrons. The average Bonchev–Trinajstić information content (AvgIpc) is 2.95. The van der Waals surface area contributed by atoms with Gasteiger partial charge in [-0.2, -0.15) is 0 Å². The second-order valence-corrected chi connectivity index (χ2v) is 5.79. The minimum Gasteiger partial charge on any atom is -0.378 e. The van der Waals surface area contributed by atoms with E-state index in [2.05, 4.69) is 27.8 Å². The molecule has 4 nitrogen and oxygen atoms in total. The number of thiophene rings is 1. The van der Waals surface area contributed by atoms with Crippen LogP contribution in [-0.2, 0) is 0 Å². The Morgan fingerprint density at radius 1 is 1.39 bits per heavy atom. The van der Waals surface area contributed by atoms with Gasteiger partial charge in [-0.25, -0.2) is 0 Å². The third-order valence-electron chi connectivity index (χ3n) is 3.15. The summed E-state index contributed by atoms with van der Waals surface area (Å²) in [6.45, 7) is 3.70. The van der Waals surface area contributed by atoms with Crippen molar-refractivity contribution in [3.05, 3.63) is 67.1 Å². The molecule has 0 atom stereocenters. The van der Waals surface area contributed by atoms with E-state index in [-0.39, 0.29) is 0 Å². The zero-order chi connectivity index (χ0) is 16.7. The fraction of sp³-hybridized carbons (Fsp3) is 0.111. The van der Waals surface area contributed by atoms with E-state index in [9.17, 15) is 0 Å². The molecule has 23 heavy (non-hydrogen) atoms. The monoisotopic (exact) mass is 324 g/mol. The summed E-state index contributed by atoms with van der Waals surface area (Å²) in [7, 11) is 3.91. The molecular formula is C18H20N4S. The molecule has 2 aromatic rings. The number of hydrogen-bond donors (Lipinski definition) is 2. The van der Waals surface area contributed by atoms with Crippen molar-refractivity contribution in [3.8, 4) is 0 Å². The normalized spacial score (nSPS) is 12.2. The number of rotatable bonds is 7. The van der Waals surface area contributed by atoms with Gasteiger partial charge in [0, 0.05) is 32.7 Å². The third-order valence-corrected chi connectivity index (χ3v) is 4.31. The van der Waals surface area contributed by atoms with E-state index >= 15 is 0 Å². The number of fused-ring (bicyclic) bond motifs is 1. The van der Waals surface area contributed by atoms with E-state index in [1.54, 1.807) is 23.5 Å². The van der Waals surface area contributed by atoms with Crippen LogP contribution in [0, 0.1) is 5.41 Å². The molecule has 0 aliphatic rings. The molecule has 0 aliphatic carbocycles. The molecule has 0 amide bonds. The summed E-state index contributed by atoms with van der Waals surface area (Å²) in [6.07, 6.45) is 14.2. The van der Waals surface area contributed by atoms with Crippen molar-refractivity contribution < 1.29 is 0 Å². The fourth-order valence-corrected chi connectivity index (χ4v) is 3.23. The van der Waals surface area contributed by atoms with Crippen LogP contribution in [0.1, 0.15) is 0 Å². The number of aromatic nitrogens is 1. The van der Waals surface area contributed by atoms with Gasteiger partial charge in [-0.1, -0.05) is 30.9 Å². The van der Waals surface area contributed by atoms with E-state index in [1.807, 2.05) is 50.8 Å². The maximum Gasteiger partial charge on any atom is 0.115 e. The topological polar surface area (TPSA) is 52.0 Å². The first kappa shape index (κ1) is 16.7. The van der Waals surface area contributed by atoms with Crippen molar-refractivity contribution in [1.29, 1.82) is 5.41 Å². The summed E-state index contributed by atoms with van der Waals surface area (Å²) >= 11 is 1.68. The predicted molar refractivity (Wildman–Crippen MR) is 103 cm³/mol. The fourth-order valence-electron chi connectivity index (χ4n) is 2.18. The van der Waals surface area contributed by atoms with E-state index in [0.717, 1.165) is 26.5 Å². The first-order valence-corrected chi connectivity index (χ1v) is 7.99. The molecule has 0 unspecified atom stereocenters. The zero-order valence-corrected chi connectivity index (χ0v) is 14.1. The van der Waals surface area contributed by atoms with E-state index in [1.165, 1.54) is 6.21 Å². The zero-order valence-electron chi connectivity index (χ0n) is 13.3. The van der Waals surface area contributed by atoms with Gasteiger partial charge < -0.3 is 15.6 Å². The highest BCUT2D eigenvalue weighted by atomic mass is 32.1. The summed E-state index contributed by atoms with van der Waals surface area (Å²) < 4.78 is 1.14. The molecular weight excluding hydrogens is 304 g/mol. The Labute approximate surface area is 140 Å². The first-order chi connectivity index (χ1) is 11.2. The minimum absolute atomic E-state index is 0.966. The largest absolute Gasteiger partial charge is 0.378 e. The molecule has 0 saturated carbocycles. The number of pyridine rings is 1. The molecule has 2 aromatic heterocycles. The maximum absolute atomic E-state index is 7.15. The Bertz CT molecular complexity index is 763. The second-order valence-electron chi connectivity index (χ2n) is 4.74. The molecule has 0 fully saturated rings. The van der Waals surface area contributed by atoms with Crippen LogP contribution < -0.4 is 10.2 Å². The summed E-state index contributed by atoms with van der Waals surface area (Å²) in [6, 6.07) is 4.02. The van der Waals surface area contributed by atoms with Crippen LogP contribution in [0.2, 0.25) is 0 Å². The Kier molecular flexibility index (Phi) is 5.88. The number of anilines is 2. The number of hydrogen-bond acceptors (Lipinski definition) is 5. The lowest BCUT2D eigenvalue weighted by Gasteiger charge is -2.16. The molecule has 0 aliphatic heterocycles. The van der Waals surface area contributed by atoms with Gasteiger partial charge in [0.25, 0.3) is 0 Å². The van der Waals surface area contributed by atoms with Gasteiger partial charge in [0.1, 0.15) is 16.2 Å². The molecule has 0 saturated heterocycles.